The number of para-hydroxylation sites is 1. The van der Waals surface area contributed by atoms with Gasteiger partial charge in [-0.3, -0.25) is 5.10 Å². The van der Waals surface area contributed by atoms with Crippen molar-refractivity contribution in [1.82, 2.24) is 15.2 Å². The number of anilines is 1. The molecular formula is C22H19FN4O2. The van der Waals surface area contributed by atoms with Gasteiger partial charge in [-0.2, -0.15) is 5.10 Å². The molecular weight excluding hydrogens is 371 g/mol. The molecule has 0 bridgehead atoms. The lowest BCUT2D eigenvalue weighted by Crippen LogP contribution is -2.01. The number of hydrogen-bond donors (Lipinski definition) is 4. The Morgan fingerprint density at radius 2 is 1.62 bits per heavy atom. The number of H-pyrrole nitrogens is 1. The Morgan fingerprint density at radius 3 is 2.34 bits per heavy atom. The van der Waals surface area contributed by atoms with Crippen LogP contribution in [-0.2, 0) is 13.2 Å². The Bertz CT molecular complexity index is 1110. The van der Waals surface area contributed by atoms with E-state index in [2.05, 4.69) is 20.5 Å². The van der Waals surface area contributed by atoms with Crippen LogP contribution in [-0.4, -0.2) is 25.4 Å². The molecule has 0 amide bonds. The fourth-order valence-corrected chi connectivity index (χ4v) is 3.05. The fourth-order valence-electron chi connectivity index (χ4n) is 3.05. The minimum absolute atomic E-state index is 0.00809. The zero-order valence-electron chi connectivity index (χ0n) is 15.4. The summed E-state index contributed by atoms with van der Waals surface area (Å²) in [5.74, 6) is 1.14. The fraction of sp³-hybridized carbons (Fsp3) is 0.0909. The molecule has 4 rings (SSSR count). The summed E-state index contributed by atoms with van der Waals surface area (Å²) in [6.45, 7) is -0.0970. The number of hydrogen-bond acceptors (Lipinski definition) is 5. The molecule has 0 saturated carbocycles. The summed E-state index contributed by atoms with van der Waals surface area (Å²) in [5.41, 5.74) is 3.80. The minimum atomic E-state index is -0.504. The molecule has 4 aromatic rings. The average Bonchev–Trinajstić information content (AvgIpc) is 3.22. The number of phenolic OH excluding ortho intramolecular Hbond substituents is 2. The molecule has 1 aromatic heterocycles. The number of alkyl halides is 1. The number of aromatic hydroxyl groups is 2. The predicted octanol–water partition coefficient (Wildman–Crippen LogP) is 4.63. The van der Waals surface area contributed by atoms with Gasteiger partial charge in [0.1, 0.15) is 18.2 Å². The summed E-state index contributed by atoms with van der Waals surface area (Å²) in [7, 11) is 0. The van der Waals surface area contributed by atoms with Gasteiger partial charge >= 0.3 is 0 Å². The average molecular weight is 390 g/mol. The van der Waals surface area contributed by atoms with E-state index in [-0.39, 0.29) is 11.5 Å². The number of rotatable bonds is 6. The molecule has 4 N–H and O–H groups in total. The first-order valence-electron chi connectivity index (χ1n) is 9.05. The van der Waals surface area contributed by atoms with Crippen LogP contribution in [0, 0.1) is 0 Å². The highest BCUT2D eigenvalue weighted by Crippen LogP contribution is 2.28. The van der Waals surface area contributed by atoms with E-state index >= 15 is 0 Å². The van der Waals surface area contributed by atoms with Crippen LogP contribution < -0.4 is 5.32 Å². The molecule has 0 saturated heterocycles. The highest BCUT2D eigenvalue weighted by atomic mass is 19.1. The number of aromatic nitrogens is 3. The molecule has 0 fully saturated rings. The molecule has 6 nitrogen and oxygen atoms in total. The first kappa shape index (κ1) is 18.5. The number of phenols is 2. The summed E-state index contributed by atoms with van der Waals surface area (Å²) in [6.07, 6.45) is 0. The number of benzene rings is 3. The van der Waals surface area contributed by atoms with E-state index < -0.39 is 6.67 Å². The Balaban J connectivity index is 1.57. The zero-order valence-corrected chi connectivity index (χ0v) is 15.4. The molecule has 0 radical (unpaired) electrons. The molecule has 7 heteroatoms. The van der Waals surface area contributed by atoms with Crippen LogP contribution in [0.3, 0.4) is 0 Å². The molecule has 0 aliphatic carbocycles. The maximum atomic E-state index is 12.7. The quantitative estimate of drug-likeness (QED) is 0.385. The van der Waals surface area contributed by atoms with Gasteiger partial charge in [0.25, 0.3) is 0 Å². The molecule has 3 aromatic carbocycles. The van der Waals surface area contributed by atoms with Gasteiger partial charge in [-0.05, 0) is 35.4 Å². The van der Waals surface area contributed by atoms with Crippen LogP contribution in [0.1, 0.15) is 11.1 Å². The number of halogens is 1. The van der Waals surface area contributed by atoms with Crippen molar-refractivity contribution in [2.75, 3.05) is 5.32 Å². The summed E-state index contributed by atoms with van der Waals surface area (Å²) >= 11 is 0. The maximum Gasteiger partial charge on any atom is 0.181 e. The second-order valence-corrected chi connectivity index (χ2v) is 6.59. The van der Waals surface area contributed by atoms with Crippen molar-refractivity contribution in [1.29, 1.82) is 0 Å². The third-order valence-corrected chi connectivity index (χ3v) is 4.48. The van der Waals surface area contributed by atoms with E-state index in [1.807, 2.05) is 24.3 Å². The third-order valence-electron chi connectivity index (χ3n) is 4.48. The molecule has 0 aliphatic rings. The molecule has 0 aliphatic heterocycles. The van der Waals surface area contributed by atoms with Crippen LogP contribution in [0.2, 0.25) is 0 Å². The van der Waals surface area contributed by atoms with Crippen molar-refractivity contribution in [2.24, 2.45) is 0 Å². The van der Waals surface area contributed by atoms with Crippen LogP contribution in [0.25, 0.3) is 22.8 Å². The van der Waals surface area contributed by atoms with Crippen LogP contribution in [0.15, 0.2) is 66.7 Å². The van der Waals surface area contributed by atoms with E-state index in [9.17, 15) is 14.6 Å². The molecule has 0 atom stereocenters. The van der Waals surface area contributed by atoms with Gasteiger partial charge in [-0.25, -0.2) is 9.37 Å². The summed E-state index contributed by atoms with van der Waals surface area (Å²) in [6, 6.07) is 19.1. The van der Waals surface area contributed by atoms with Gasteiger partial charge in [0.2, 0.25) is 0 Å². The van der Waals surface area contributed by atoms with Gasteiger partial charge in [0.05, 0.1) is 0 Å². The van der Waals surface area contributed by atoms with Crippen molar-refractivity contribution < 1.29 is 14.6 Å². The molecule has 0 spiro atoms. The van der Waals surface area contributed by atoms with E-state index in [4.69, 9.17) is 0 Å². The minimum Gasteiger partial charge on any atom is -0.508 e. The predicted molar refractivity (Wildman–Crippen MR) is 109 cm³/mol. The summed E-state index contributed by atoms with van der Waals surface area (Å²) in [4.78, 5) is 4.57. The Morgan fingerprint density at radius 1 is 0.897 bits per heavy atom. The largest absolute Gasteiger partial charge is 0.508 e. The first-order valence-corrected chi connectivity index (χ1v) is 9.05. The van der Waals surface area contributed by atoms with Gasteiger partial charge < -0.3 is 15.5 Å². The summed E-state index contributed by atoms with van der Waals surface area (Å²) < 4.78 is 12.7. The van der Waals surface area contributed by atoms with E-state index in [1.54, 1.807) is 36.4 Å². The highest BCUT2D eigenvalue weighted by molar-refractivity contribution is 5.74. The Kier molecular flexibility index (Phi) is 5.11. The van der Waals surface area contributed by atoms with E-state index in [1.165, 1.54) is 6.07 Å². The topological polar surface area (TPSA) is 94.1 Å². The molecule has 146 valence electrons. The smallest absolute Gasteiger partial charge is 0.181 e. The van der Waals surface area contributed by atoms with Gasteiger partial charge in [0.15, 0.2) is 11.6 Å². The van der Waals surface area contributed by atoms with Gasteiger partial charge in [-0.15, -0.1) is 0 Å². The normalized spacial score (nSPS) is 10.8. The van der Waals surface area contributed by atoms with Crippen molar-refractivity contribution in [3.8, 4) is 34.3 Å². The van der Waals surface area contributed by atoms with Crippen LogP contribution >= 0.6 is 0 Å². The van der Waals surface area contributed by atoms with Crippen molar-refractivity contribution >= 4 is 5.69 Å². The summed E-state index contributed by atoms with van der Waals surface area (Å²) in [5, 5.41) is 29.8. The first-order chi connectivity index (χ1) is 14.1. The Labute approximate surface area is 166 Å². The van der Waals surface area contributed by atoms with Crippen LogP contribution in [0.5, 0.6) is 11.5 Å². The lowest BCUT2D eigenvalue weighted by Gasteiger charge is -2.11. The van der Waals surface area contributed by atoms with Gasteiger partial charge in [0, 0.05) is 29.4 Å². The van der Waals surface area contributed by atoms with E-state index in [0.717, 1.165) is 22.4 Å². The second kappa shape index (κ2) is 8.02. The third kappa shape index (κ3) is 4.19. The number of aromatic amines is 1. The highest BCUT2D eigenvalue weighted by Gasteiger charge is 2.11. The molecule has 29 heavy (non-hydrogen) atoms. The maximum absolute atomic E-state index is 12.7. The SMILES string of the molecule is Oc1cc(O)cc(CNc2ccccc2-c2nc(-c3ccc(CF)cc3)n[nH]2)c1. The number of nitrogens with zero attached hydrogens (tertiary/aromatic N) is 2. The van der Waals surface area contributed by atoms with Crippen molar-refractivity contribution in [3.63, 3.8) is 0 Å². The van der Waals surface area contributed by atoms with Crippen molar-refractivity contribution in [2.45, 2.75) is 13.2 Å². The lowest BCUT2D eigenvalue weighted by atomic mass is 10.1. The van der Waals surface area contributed by atoms with Crippen LogP contribution in [0.4, 0.5) is 10.1 Å². The monoisotopic (exact) mass is 390 g/mol. The number of nitrogens with one attached hydrogen (secondary N) is 2. The zero-order chi connectivity index (χ0) is 20.2. The van der Waals surface area contributed by atoms with Gasteiger partial charge in [-0.1, -0.05) is 36.4 Å². The Hall–Kier alpha value is -3.87. The molecule has 1 heterocycles. The second-order valence-electron chi connectivity index (χ2n) is 6.59. The standard InChI is InChI=1S/C22H19FN4O2/c23-12-14-5-7-16(8-6-14)21-25-22(27-26-21)19-3-1-2-4-20(19)24-13-15-9-17(28)11-18(29)10-15/h1-11,24,28-29H,12-13H2,(H,25,26,27). The van der Waals surface area contributed by atoms with Crippen molar-refractivity contribution in [3.05, 3.63) is 77.9 Å². The lowest BCUT2D eigenvalue weighted by molar-refractivity contribution is 0.449. The molecule has 0 unspecified atom stereocenters. The van der Waals surface area contributed by atoms with E-state index in [0.29, 0.717) is 23.8 Å².